The average molecular weight is 228 g/mol. The molecule has 0 spiro atoms. The van der Waals surface area contributed by atoms with Crippen LogP contribution >= 0.6 is 0 Å². The average Bonchev–Trinajstić information content (AvgIpc) is 2.38. The predicted octanol–water partition coefficient (Wildman–Crippen LogP) is 1.66. The molecule has 0 radical (unpaired) electrons. The fourth-order valence-electron chi connectivity index (χ4n) is 1.75. The summed E-state index contributed by atoms with van der Waals surface area (Å²) in [6.45, 7) is 0. The van der Waals surface area contributed by atoms with Gasteiger partial charge in [-0.15, -0.1) is 0 Å². The maximum absolute atomic E-state index is 4.48. The number of hydrazone groups is 1. The molecule has 0 amide bonds. The van der Waals surface area contributed by atoms with Gasteiger partial charge in [0.05, 0.1) is 6.04 Å². The van der Waals surface area contributed by atoms with Crippen LogP contribution in [0.1, 0.15) is 12.1 Å². The van der Waals surface area contributed by atoms with E-state index in [0.29, 0.717) is 6.04 Å². The van der Waals surface area contributed by atoms with Gasteiger partial charge in [0.25, 0.3) is 0 Å². The summed E-state index contributed by atoms with van der Waals surface area (Å²) in [5.41, 5.74) is 1.09. The fraction of sp³-hybridized carbons (Fsp3) is 0.286. The van der Waals surface area contributed by atoms with Gasteiger partial charge < -0.3 is 0 Å². The predicted molar refractivity (Wildman–Crippen MR) is 69.7 cm³/mol. The summed E-state index contributed by atoms with van der Waals surface area (Å²) in [5, 5.41) is 6.47. The number of rotatable bonds is 3. The first-order valence-corrected chi connectivity index (χ1v) is 5.82. The second-order valence-electron chi connectivity index (χ2n) is 4.17. The van der Waals surface area contributed by atoms with Gasteiger partial charge in [-0.3, -0.25) is 5.01 Å². The highest BCUT2D eigenvalue weighted by molar-refractivity contribution is 5.74. The van der Waals surface area contributed by atoms with Crippen molar-refractivity contribution in [3.8, 4) is 0 Å². The molecule has 3 nitrogen and oxygen atoms in total. The van der Waals surface area contributed by atoms with Crippen molar-refractivity contribution in [2.24, 2.45) is 12.1 Å². The molecular weight excluding hydrogens is 210 g/mol. The molecule has 2 rings (SSSR count). The number of allylic oxidation sites excluding steroid dienone is 2. The van der Waals surface area contributed by atoms with Gasteiger partial charge in [0.1, 0.15) is 13.3 Å². The van der Waals surface area contributed by atoms with Gasteiger partial charge in [0.15, 0.2) is 6.20 Å². The fourth-order valence-corrected chi connectivity index (χ4v) is 1.75. The first kappa shape index (κ1) is 11.6. The Bertz CT molecular complexity index is 460. The van der Waals surface area contributed by atoms with E-state index in [9.17, 15) is 0 Å². The monoisotopic (exact) mass is 228 g/mol. The number of nitrogens with zero attached hydrogens (tertiary/aromatic N) is 3. The van der Waals surface area contributed by atoms with E-state index in [4.69, 9.17) is 0 Å². The van der Waals surface area contributed by atoms with Crippen molar-refractivity contribution in [1.29, 1.82) is 0 Å². The highest BCUT2D eigenvalue weighted by atomic mass is 15.4. The van der Waals surface area contributed by atoms with Crippen molar-refractivity contribution in [2.45, 2.75) is 12.5 Å². The maximum Gasteiger partial charge on any atom is 0.225 e. The Morgan fingerprint density at radius 3 is 3.00 bits per heavy atom. The van der Waals surface area contributed by atoms with Crippen LogP contribution in [0, 0.1) is 0 Å². The van der Waals surface area contributed by atoms with Crippen LogP contribution in [0.3, 0.4) is 0 Å². The molecule has 0 saturated heterocycles. The van der Waals surface area contributed by atoms with E-state index in [0.717, 1.165) is 12.1 Å². The first-order valence-electron chi connectivity index (χ1n) is 5.82. The van der Waals surface area contributed by atoms with E-state index in [1.165, 1.54) is 0 Å². The van der Waals surface area contributed by atoms with E-state index < -0.39 is 0 Å². The van der Waals surface area contributed by atoms with Crippen molar-refractivity contribution in [3.63, 3.8) is 0 Å². The van der Waals surface area contributed by atoms with Crippen molar-refractivity contribution in [2.75, 3.05) is 7.05 Å². The normalized spacial score (nSPS) is 18.8. The quantitative estimate of drug-likeness (QED) is 0.437. The molecule has 0 aliphatic heterocycles. The van der Waals surface area contributed by atoms with Crippen molar-refractivity contribution < 1.29 is 4.57 Å². The molecule has 0 bridgehead atoms. The molecular formula is C14H18N3+. The van der Waals surface area contributed by atoms with Gasteiger partial charge in [-0.25, -0.2) is 4.57 Å². The number of aryl methyl sites for hydroxylation is 1. The molecule has 1 aromatic heterocycles. The minimum Gasteiger partial charge on any atom is -0.293 e. The minimum absolute atomic E-state index is 0.366. The molecule has 1 heterocycles. The second kappa shape index (κ2) is 5.43. The van der Waals surface area contributed by atoms with Crippen LogP contribution in [-0.4, -0.2) is 24.3 Å². The van der Waals surface area contributed by atoms with Gasteiger partial charge in [0, 0.05) is 19.2 Å². The Hall–Kier alpha value is -1.90. The summed E-state index contributed by atoms with van der Waals surface area (Å²) in [6, 6.07) is 6.44. The molecule has 0 saturated carbocycles. The second-order valence-corrected chi connectivity index (χ2v) is 4.17. The lowest BCUT2D eigenvalue weighted by atomic mass is 10.1. The van der Waals surface area contributed by atoms with Crippen LogP contribution in [0.5, 0.6) is 0 Å². The van der Waals surface area contributed by atoms with Crippen LogP contribution in [0.4, 0.5) is 0 Å². The molecule has 1 aliphatic rings. The summed E-state index contributed by atoms with van der Waals surface area (Å²) in [5.74, 6) is 0. The Morgan fingerprint density at radius 2 is 2.29 bits per heavy atom. The standard InChI is InChI=1S/C14H18N3/c1-16-11-7-6-10-14(16)12-15-17(2)13-8-4-3-5-9-13/h3-8,10-13H,9H2,1-2H3/q+1. The smallest absolute Gasteiger partial charge is 0.225 e. The minimum atomic E-state index is 0.366. The summed E-state index contributed by atoms with van der Waals surface area (Å²) < 4.78 is 2.05. The third-order valence-electron chi connectivity index (χ3n) is 2.91. The van der Waals surface area contributed by atoms with Crippen molar-refractivity contribution in [1.82, 2.24) is 5.01 Å². The van der Waals surface area contributed by atoms with E-state index in [2.05, 4.69) is 29.4 Å². The number of aromatic nitrogens is 1. The zero-order valence-electron chi connectivity index (χ0n) is 10.3. The molecule has 0 N–H and O–H groups in total. The maximum atomic E-state index is 4.48. The molecule has 1 unspecified atom stereocenters. The Labute approximate surface area is 102 Å². The van der Waals surface area contributed by atoms with Gasteiger partial charge in [-0.2, -0.15) is 5.10 Å². The molecule has 0 aromatic carbocycles. The summed E-state index contributed by atoms with van der Waals surface area (Å²) in [4.78, 5) is 0. The number of pyridine rings is 1. The number of hydrogen-bond acceptors (Lipinski definition) is 2. The highest BCUT2D eigenvalue weighted by Gasteiger charge is 2.09. The lowest BCUT2D eigenvalue weighted by molar-refractivity contribution is -0.672. The first-order chi connectivity index (χ1) is 8.27. The van der Waals surface area contributed by atoms with Gasteiger partial charge >= 0.3 is 0 Å². The van der Waals surface area contributed by atoms with Gasteiger partial charge in [0.2, 0.25) is 5.69 Å². The summed E-state index contributed by atoms with van der Waals surface area (Å²) in [7, 11) is 4.03. The van der Waals surface area contributed by atoms with Crippen LogP contribution in [0.2, 0.25) is 0 Å². The zero-order chi connectivity index (χ0) is 12.1. The molecule has 3 heteroatoms. The van der Waals surface area contributed by atoms with E-state index >= 15 is 0 Å². The van der Waals surface area contributed by atoms with Crippen molar-refractivity contribution in [3.05, 3.63) is 54.4 Å². The van der Waals surface area contributed by atoms with Gasteiger partial charge in [-0.1, -0.05) is 24.3 Å². The van der Waals surface area contributed by atoms with Crippen LogP contribution in [0.25, 0.3) is 0 Å². The Morgan fingerprint density at radius 1 is 1.41 bits per heavy atom. The molecule has 1 atom stereocenters. The molecule has 88 valence electrons. The molecule has 1 aromatic rings. The van der Waals surface area contributed by atoms with Crippen LogP contribution < -0.4 is 4.57 Å². The SMILES string of the molecule is CN(N=Cc1cccc[n+]1C)C1C=CC=CC1. The largest absolute Gasteiger partial charge is 0.293 e. The molecule has 0 fully saturated rings. The highest BCUT2D eigenvalue weighted by Crippen LogP contribution is 2.09. The number of hydrogen-bond donors (Lipinski definition) is 0. The summed E-state index contributed by atoms with van der Waals surface area (Å²) >= 11 is 0. The molecule has 17 heavy (non-hydrogen) atoms. The lowest BCUT2D eigenvalue weighted by Crippen LogP contribution is -2.33. The zero-order valence-corrected chi connectivity index (χ0v) is 10.3. The molecule has 1 aliphatic carbocycles. The topological polar surface area (TPSA) is 19.5 Å². The third-order valence-corrected chi connectivity index (χ3v) is 2.91. The van der Waals surface area contributed by atoms with Crippen molar-refractivity contribution >= 4 is 6.21 Å². The van der Waals surface area contributed by atoms with Crippen LogP contribution in [-0.2, 0) is 7.05 Å². The number of likely N-dealkylation sites (N-methyl/N-ethyl adjacent to an activating group) is 1. The lowest BCUT2D eigenvalue weighted by Gasteiger charge is -2.22. The van der Waals surface area contributed by atoms with E-state index in [-0.39, 0.29) is 0 Å². The Balaban J connectivity index is 2.03. The summed E-state index contributed by atoms with van der Waals surface area (Å²) in [6.07, 6.45) is 13.4. The van der Waals surface area contributed by atoms with E-state index in [1.54, 1.807) is 0 Å². The Kier molecular flexibility index (Phi) is 3.70. The van der Waals surface area contributed by atoms with Gasteiger partial charge in [-0.05, 0) is 12.5 Å². The van der Waals surface area contributed by atoms with Crippen LogP contribution in [0.15, 0.2) is 53.8 Å². The van der Waals surface area contributed by atoms with E-state index in [1.807, 2.05) is 54.3 Å². The third kappa shape index (κ3) is 3.03.